The number of ether oxygens (including phenoxy) is 2. The molecule has 0 aliphatic rings. The van der Waals surface area contributed by atoms with E-state index in [2.05, 4.69) is 15.3 Å². The van der Waals surface area contributed by atoms with Gasteiger partial charge in [-0.25, -0.2) is 28.0 Å². The lowest BCUT2D eigenvalue weighted by atomic mass is 10.1. The predicted octanol–water partition coefficient (Wildman–Crippen LogP) is 4.39. The fraction of sp³-hybridized carbons (Fsp3) is 0.292. The Hall–Kier alpha value is -3.35. The summed E-state index contributed by atoms with van der Waals surface area (Å²) in [5, 5.41) is 1.72. The Bertz CT molecular complexity index is 1470. The van der Waals surface area contributed by atoms with Gasteiger partial charge < -0.3 is 14.8 Å². The first-order valence-electron chi connectivity index (χ1n) is 11.1. The Balaban J connectivity index is 1.98. The Morgan fingerprint density at radius 3 is 2.35 bits per heavy atom. The van der Waals surface area contributed by atoms with Gasteiger partial charge in [0.15, 0.2) is 5.69 Å². The lowest BCUT2D eigenvalue weighted by Crippen LogP contribution is -2.19. The number of carbonyl (C=O) groups is 3. The lowest BCUT2D eigenvalue weighted by Gasteiger charge is -2.10. The number of esters is 2. The summed E-state index contributed by atoms with van der Waals surface area (Å²) in [6.45, 7) is 6.74. The van der Waals surface area contributed by atoms with Gasteiger partial charge in [0, 0.05) is 0 Å². The molecule has 0 bridgehead atoms. The van der Waals surface area contributed by atoms with Gasteiger partial charge in [0.05, 0.1) is 35.7 Å². The van der Waals surface area contributed by atoms with Crippen molar-refractivity contribution in [1.29, 1.82) is 0 Å². The van der Waals surface area contributed by atoms with Crippen molar-refractivity contribution in [3.05, 3.63) is 68.3 Å². The van der Waals surface area contributed by atoms with E-state index in [1.165, 1.54) is 6.92 Å². The van der Waals surface area contributed by atoms with Crippen LogP contribution in [-0.4, -0.2) is 49.4 Å². The summed E-state index contributed by atoms with van der Waals surface area (Å²) in [6, 6.07) is 6.96. The summed E-state index contributed by atoms with van der Waals surface area (Å²) in [5.74, 6) is -2.69. The van der Waals surface area contributed by atoms with Crippen molar-refractivity contribution in [2.45, 2.75) is 38.6 Å². The van der Waals surface area contributed by atoms with E-state index in [1.807, 2.05) is 0 Å². The normalized spacial score (nSPS) is 11.2. The van der Waals surface area contributed by atoms with E-state index in [0.717, 1.165) is 23.1 Å². The molecule has 0 unspecified atom stereocenters. The highest BCUT2D eigenvalue weighted by atomic mass is 35.5. The van der Waals surface area contributed by atoms with Gasteiger partial charge in [-0.3, -0.25) is 4.79 Å². The molecule has 2 heterocycles. The predicted molar refractivity (Wildman–Crippen MR) is 138 cm³/mol. The number of thiophene rings is 1. The third kappa shape index (κ3) is 6.32. The number of nitrogens with one attached hydrogen (secondary N) is 1. The third-order valence-electron chi connectivity index (χ3n) is 5.14. The number of aromatic nitrogens is 2. The molecule has 0 saturated carbocycles. The van der Waals surface area contributed by atoms with E-state index in [9.17, 15) is 22.8 Å². The fourth-order valence-corrected chi connectivity index (χ4v) is 5.87. The summed E-state index contributed by atoms with van der Waals surface area (Å²) in [6.07, 6.45) is 1.02. The molecular formula is C24H24ClN3O7S2. The lowest BCUT2D eigenvalue weighted by molar-refractivity contribution is 0.0527. The smallest absolute Gasteiger partial charge is 0.348 e. The number of halogens is 1. The van der Waals surface area contributed by atoms with E-state index < -0.39 is 38.5 Å². The molecule has 0 aliphatic carbocycles. The number of nitrogens with zero attached hydrogens (tertiary/aromatic N) is 2. The highest BCUT2D eigenvalue weighted by molar-refractivity contribution is 7.90. The molecular weight excluding hydrogens is 542 g/mol. The Morgan fingerprint density at radius 2 is 1.70 bits per heavy atom. The van der Waals surface area contributed by atoms with E-state index >= 15 is 0 Å². The maximum absolute atomic E-state index is 13.1. The highest BCUT2D eigenvalue weighted by Crippen LogP contribution is 2.35. The first kappa shape index (κ1) is 28.2. The Kier molecular flexibility index (Phi) is 9.00. The van der Waals surface area contributed by atoms with Crippen LogP contribution in [0.25, 0.3) is 0 Å². The van der Waals surface area contributed by atoms with Crippen LogP contribution in [0, 0.1) is 13.8 Å². The average molecular weight is 566 g/mol. The zero-order valence-corrected chi connectivity index (χ0v) is 22.8. The zero-order chi connectivity index (χ0) is 27.3. The van der Waals surface area contributed by atoms with Crippen LogP contribution in [0.3, 0.4) is 0 Å². The number of carbonyl (C=O) groups excluding carboxylic acids is 3. The van der Waals surface area contributed by atoms with E-state index in [-0.39, 0.29) is 45.0 Å². The van der Waals surface area contributed by atoms with Crippen LogP contribution in [-0.2, 0) is 25.1 Å². The molecule has 10 nitrogen and oxygen atoms in total. The second-order valence-electron chi connectivity index (χ2n) is 7.69. The minimum atomic E-state index is -4.02. The number of hydrogen-bond acceptors (Lipinski definition) is 10. The molecule has 13 heteroatoms. The number of rotatable bonds is 9. The first-order valence-corrected chi connectivity index (χ1v) is 13.9. The van der Waals surface area contributed by atoms with Crippen LogP contribution >= 0.6 is 22.9 Å². The average Bonchev–Trinajstić information content (AvgIpc) is 3.16. The second-order valence-corrected chi connectivity index (χ2v) is 11.0. The molecule has 37 heavy (non-hydrogen) atoms. The molecule has 0 spiro atoms. The molecule has 1 N–H and O–H groups in total. The molecule has 0 saturated heterocycles. The zero-order valence-electron chi connectivity index (χ0n) is 20.5. The molecule has 0 aliphatic heterocycles. The topological polar surface area (TPSA) is 142 Å². The minimum absolute atomic E-state index is 0.00278. The number of benzene rings is 1. The number of sulfone groups is 1. The van der Waals surface area contributed by atoms with E-state index in [0.29, 0.717) is 5.56 Å². The standard InChI is InChI=1S/C24H24ClN3O7S2/c1-5-34-22(30)17-14(4)19(23(31)35-6-2)36-21(17)28-20(29)18-16(25)11-26-24(27-18)37(32,33)12-15-10-8-7-9-13(15)3/h7-11H,5-6,12H2,1-4H3,(H,28,29). The first-order chi connectivity index (χ1) is 17.5. The molecule has 3 rings (SSSR count). The summed E-state index contributed by atoms with van der Waals surface area (Å²) < 4.78 is 36.1. The van der Waals surface area contributed by atoms with Crippen molar-refractivity contribution in [1.82, 2.24) is 9.97 Å². The molecule has 196 valence electrons. The SMILES string of the molecule is CCOC(=O)c1sc(NC(=O)c2nc(S(=O)(=O)Cc3ccccc3C)ncc2Cl)c(C(=O)OCC)c1C. The number of anilines is 1. The third-order valence-corrected chi connectivity index (χ3v) is 8.04. The Morgan fingerprint density at radius 1 is 1.05 bits per heavy atom. The monoisotopic (exact) mass is 565 g/mol. The van der Waals surface area contributed by atoms with Crippen LogP contribution in [0.15, 0.2) is 35.6 Å². The van der Waals surface area contributed by atoms with Crippen LogP contribution in [0.5, 0.6) is 0 Å². The van der Waals surface area contributed by atoms with Crippen molar-refractivity contribution in [2.75, 3.05) is 18.5 Å². The van der Waals surface area contributed by atoms with Crippen LogP contribution in [0.4, 0.5) is 5.00 Å². The van der Waals surface area contributed by atoms with Crippen LogP contribution in [0.1, 0.15) is 61.1 Å². The van der Waals surface area contributed by atoms with Crippen LogP contribution < -0.4 is 5.32 Å². The molecule has 0 atom stereocenters. The van der Waals surface area contributed by atoms with Gasteiger partial charge >= 0.3 is 11.9 Å². The van der Waals surface area contributed by atoms with Gasteiger partial charge in [-0.1, -0.05) is 35.9 Å². The van der Waals surface area contributed by atoms with Gasteiger partial charge in [-0.15, -0.1) is 11.3 Å². The van der Waals surface area contributed by atoms with Crippen LogP contribution in [0.2, 0.25) is 5.02 Å². The summed E-state index contributed by atoms with van der Waals surface area (Å²) in [4.78, 5) is 45.9. The Labute approximate surface area is 222 Å². The maximum Gasteiger partial charge on any atom is 0.348 e. The van der Waals surface area contributed by atoms with Gasteiger partial charge in [0.1, 0.15) is 9.88 Å². The van der Waals surface area contributed by atoms with Gasteiger partial charge in [-0.2, -0.15) is 0 Å². The van der Waals surface area contributed by atoms with Crippen molar-refractivity contribution >= 4 is 55.6 Å². The minimum Gasteiger partial charge on any atom is -0.462 e. The highest BCUT2D eigenvalue weighted by Gasteiger charge is 2.29. The van der Waals surface area contributed by atoms with Gasteiger partial charge in [-0.05, 0) is 44.4 Å². The van der Waals surface area contributed by atoms with Crippen molar-refractivity contribution in [2.24, 2.45) is 0 Å². The van der Waals surface area contributed by atoms with Gasteiger partial charge in [0.25, 0.3) is 5.91 Å². The van der Waals surface area contributed by atoms with Crippen molar-refractivity contribution < 1.29 is 32.3 Å². The molecule has 2 aromatic heterocycles. The number of hydrogen-bond donors (Lipinski definition) is 1. The molecule has 0 fully saturated rings. The van der Waals surface area contributed by atoms with E-state index in [4.69, 9.17) is 21.1 Å². The summed E-state index contributed by atoms with van der Waals surface area (Å²) >= 11 is 6.95. The molecule has 1 amide bonds. The summed E-state index contributed by atoms with van der Waals surface area (Å²) in [7, 11) is -4.02. The van der Waals surface area contributed by atoms with E-state index in [1.54, 1.807) is 45.0 Å². The number of aryl methyl sites for hydroxylation is 1. The quantitative estimate of drug-likeness (QED) is 0.295. The van der Waals surface area contributed by atoms with Gasteiger partial charge in [0.2, 0.25) is 15.0 Å². The molecule has 0 radical (unpaired) electrons. The fourth-order valence-electron chi connectivity index (χ4n) is 3.31. The summed E-state index contributed by atoms with van der Waals surface area (Å²) in [5.41, 5.74) is 1.16. The largest absolute Gasteiger partial charge is 0.462 e. The maximum atomic E-state index is 13.1. The second kappa shape index (κ2) is 11.8. The molecule has 1 aromatic carbocycles. The molecule has 3 aromatic rings. The van der Waals surface area contributed by atoms with Crippen molar-refractivity contribution in [3.8, 4) is 0 Å². The van der Waals surface area contributed by atoms with Crippen molar-refractivity contribution in [3.63, 3.8) is 0 Å². The number of amides is 1.